The molecule has 164 valence electrons. The van der Waals surface area contributed by atoms with Crippen LogP contribution in [0.5, 0.6) is 0 Å². The van der Waals surface area contributed by atoms with E-state index < -0.39 is 22.8 Å². The van der Waals surface area contributed by atoms with Gasteiger partial charge in [0.1, 0.15) is 5.57 Å². The average molecular weight is 547 g/mol. The minimum Gasteiger partial charge on any atom is -0.368 e. The molecule has 2 aliphatic heterocycles. The fourth-order valence-electron chi connectivity index (χ4n) is 3.60. The summed E-state index contributed by atoms with van der Waals surface area (Å²) in [6, 6.07) is 10.2. The molecule has 0 aliphatic carbocycles. The van der Waals surface area contributed by atoms with Crippen molar-refractivity contribution >= 4 is 63.6 Å². The Morgan fingerprint density at radius 1 is 1.03 bits per heavy atom. The monoisotopic (exact) mass is 547 g/mol. The Kier molecular flexibility index (Phi) is 6.19. The number of halogens is 1. The van der Waals surface area contributed by atoms with Gasteiger partial charge < -0.3 is 10.2 Å². The van der Waals surface area contributed by atoms with Crippen molar-refractivity contribution in [3.8, 4) is 0 Å². The number of benzene rings is 2. The Morgan fingerprint density at radius 3 is 2.38 bits per heavy atom. The van der Waals surface area contributed by atoms with Crippen LogP contribution < -0.4 is 20.4 Å². The number of nitrogens with one attached hydrogen (secondary N) is 2. The Morgan fingerprint density at radius 2 is 1.72 bits per heavy atom. The number of amides is 4. The molecule has 10 nitrogen and oxygen atoms in total. The number of non-ortho nitro benzene ring substituents is 1. The van der Waals surface area contributed by atoms with Crippen molar-refractivity contribution in [2.45, 2.75) is 0 Å². The van der Waals surface area contributed by atoms with Gasteiger partial charge in [-0.25, -0.2) is 9.69 Å². The number of piperazine rings is 1. The number of nitrogens with zero attached hydrogens (tertiary/aromatic N) is 3. The van der Waals surface area contributed by atoms with E-state index in [1.165, 1.54) is 18.2 Å². The lowest BCUT2D eigenvalue weighted by atomic mass is 10.0. The van der Waals surface area contributed by atoms with Crippen LogP contribution in [0.1, 0.15) is 5.56 Å². The molecular formula is C21H18IN5O5. The Balaban J connectivity index is 1.78. The maximum Gasteiger partial charge on any atom is 0.335 e. The van der Waals surface area contributed by atoms with Crippen LogP contribution in [0.25, 0.3) is 6.08 Å². The molecular weight excluding hydrogens is 529 g/mol. The number of nitro benzene ring substituents is 1. The molecule has 32 heavy (non-hydrogen) atoms. The summed E-state index contributed by atoms with van der Waals surface area (Å²) in [5.74, 6) is -1.64. The van der Waals surface area contributed by atoms with E-state index in [-0.39, 0.29) is 11.3 Å². The lowest BCUT2D eigenvalue weighted by Gasteiger charge is -2.31. The summed E-state index contributed by atoms with van der Waals surface area (Å²) in [5.41, 5.74) is 0.900. The molecule has 2 aliphatic rings. The average Bonchev–Trinajstić information content (AvgIpc) is 2.78. The van der Waals surface area contributed by atoms with E-state index in [9.17, 15) is 24.5 Å². The van der Waals surface area contributed by atoms with Crippen LogP contribution in [0.15, 0.2) is 48.0 Å². The summed E-state index contributed by atoms with van der Waals surface area (Å²) in [7, 11) is 0. The maximum absolute atomic E-state index is 13.2. The number of urea groups is 1. The van der Waals surface area contributed by atoms with Gasteiger partial charge in [0, 0.05) is 53.1 Å². The van der Waals surface area contributed by atoms with E-state index in [0.717, 1.165) is 21.6 Å². The van der Waals surface area contributed by atoms with E-state index in [1.54, 1.807) is 30.3 Å². The van der Waals surface area contributed by atoms with Crippen molar-refractivity contribution in [2.75, 3.05) is 36.0 Å². The summed E-state index contributed by atoms with van der Waals surface area (Å²) in [6.45, 7) is 2.81. The highest BCUT2D eigenvalue weighted by molar-refractivity contribution is 14.1. The van der Waals surface area contributed by atoms with Gasteiger partial charge in [-0.2, -0.15) is 0 Å². The quantitative estimate of drug-likeness (QED) is 0.198. The SMILES string of the molecule is O=C1NC(=O)N(c2ccc(I)cc2)C(=O)/C1=C\c1cc([N+](=O)[O-])ccc1N1CCNCC1. The van der Waals surface area contributed by atoms with Crippen molar-refractivity contribution in [1.29, 1.82) is 0 Å². The first kappa shape index (κ1) is 21.9. The van der Waals surface area contributed by atoms with Crippen LogP contribution in [0.3, 0.4) is 0 Å². The van der Waals surface area contributed by atoms with Gasteiger partial charge in [-0.1, -0.05) is 0 Å². The van der Waals surface area contributed by atoms with Gasteiger partial charge in [-0.05, 0) is 59.0 Å². The minimum atomic E-state index is -0.848. The van der Waals surface area contributed by atoms with Gasteiger partial charge in [0.25, 0.3) is 17.5 Å². The smallest absolute Gasteiger partial charge is 0.335 e. The first-order valence-corrected chi connectivity index (χ1v) is 10.8. The van der Waals surface area contributed by atoms with Gasteiger partial charge in [-0.15, -0.1) is 0 Å². The maximum atomic E-state index is 13.2. The Bertz CT molecular complexity index is 1140. The summed E-state index contributed by atoms with van der Waals surface area (Å²) in [6.07, 6.45) is 1.31. The third-order valence-electron chi connectivity index (χ3n) is 5.17. The largest absolute Gasteiger partial charge is 0.368 e. The standard InChI is InChI=1S/C21H18IN5O5/c22-14-1-3-15(4-2-14)26-20(29)17(19(28)24-21(26)30)12-13-11-16(27(31)32)5-6-18(13)25-9-7-23-8-10-25/h1-6,11-12,23H,7-10H2,(H,24,28,30)/b17-12-. The molecule has 0 atom stereocenters. The molecule has 2 saturated heterocycles. The molecule has 2 heterocycles. The zero-order valence-electron chi connectivity index (χ0n) is 16.7. The third-order valence-corrected chi connectivity index (χ3v) is 5.89. The number of barbiturate groups is 1. The third kappa shape index (κ3) is 4.34. The number of anilines is 2. The second-order valence-corrected chi connectivity index (χ2v) is 8.42. The van der Waals surface area contributed by atoms with Crippen molar-refractivity contribution < 1.29 is 19.3 Å². The highest BCUT2D eigenvalue weighted by Gasteiger charge is 2.37. The molecule has 0 spiro atoms. The molecule has 2 fully saturated rings. The summed E-state index contributed by atoms with van der Waals surface area (Å²) >= 11 is 2.10. The van der Waals surface area contributed by atoms with Gasteiger partial charge in [0.05, 0.1) is 10.6 Å². The van der Waals surface area contributed by atoms with E-state index in [4.69, 9.17) is 0 Å². The van der Waals surface area contributed by atoms with Gasteiger partial charge in [-0.3, -0.25) is 25.0 Å². The molecule has 4 amide bonds. The number of nitro groups is 1. The molecule has 2 N–H and O–H groups in total. The van der Waals surface area contributed by atoms with Crippen LogP contribution in [0, 0.1) is 13.7 Å². The normalized spacial score (nSPS) is 18.2. The fraction of sp³-hybridized carbons (Fsp3) is 0.190. The second kappa shape index (κ2) is 9.04. The molecule has 2 aromatic rings. The molecule has 0 radical (unpaired) electrons. The summed E-state index contributed by atoms with van der Waals surface area (Å²) in [5, 5.41) is 16.7. The van der Waals surface area contributed by atoms with E-state index in [1.807, 2.05) is 4.90 Å². The highest BCUT2D eigenvalue weighted by Crippen LogP contribution is 2.30. The number of hydrogen-bond donors (Lipinski definition) is 2. The fourth-order valence-corrected chi connectivity index (χ4v) is 3.96. The van der Waals surface area contributed by atoms with Crippen molar-refractivity contribution in [3.05, 3.63) is 67.3 Å². The summed E-state index contributed by atoms with van der Waals surface area (Å²) in [4.78, 5) is 51.8. The molecule has 0 unspecified atom stereocenters. The van der Waals surface area contributed by atoms with E-state index in [0.29, 0.717) is 30.0 Å². The first-order chi connectivity index (χ1) is 15.3. The number of hydrogen-bond acceptors (Lipinski definition) is 7. The Labute approximate surface area is 196 Å². The van der Waals surface area contributed by atoms with Crippen molar-refractivity contribution in [1.82, 2.24) is 10.6 Å². The highest BCUT2D eigenvalue weighted by atomic mass is 127. The minimum absolute atomic E-state index is 0.162. The van der Waals surface area contributed by atoms with Crippen molar-refractivity contribution in [2.24, 2.45) is 0 Å². The van der Waals surface area contributed by atoms with Gasteiger partial charge in [0.2, 0.25) is 0 Å². The molecule has 2 aromatic carbocycles. The number of carbonyl (C=O) groups excluding carboxylic acids is 3. The van der Waals surface area contributed by atoms with Gasteiger partial charge >= 0.3 is 6.03 Å². The van der Waals surface area contributed by atoms with Crippen molar-refractivity contribution in [3.63, 3.8) is 0 Å². The zero-order chi connectivity index (χ0) is 22.8. The first-order valence-electron chi connectivity index (χ1n) is 9.76. The predicted octanol–water partition coefficient (Wildman–Crippen LogP) is 2.28. The van der Waals surface area contributed by atoms with E-state index in [2.05, 4.69) is 33.2 Å². The second-order valence-electron chi connectivity index (χ2n) is 7.17. The number of rotatable bonds is 4. The topological polar surface area (TPSA) is 125 Å². The molecule has 4 rings (SSSR count). The zero-order valence-corrected chi connectivity index (χ0v) is 18.9. The van der Waals surface area contributed by atoms with Crippen LogP contribution in [0.4, 0.5) is 21.9 Å². The number of carbonyl (C=O) groups is 3. The molecule has 0 aromatic heterocycles. The van der Waals surface area contributed by atoms with Crippen LogP contribution in [-0.2, 0) is 9.59 Å². The summed E-state index contributed by atoms with van der Waals surface area (Å²) < 4.78 is 0.917. The van der Waals surface area contributed by atoms with Crippen LogP contribution in [0.2, 0.25) is 0 Å². The molecule has 0 saturated carbocycles. The lowest BCUT2D eigenvalue weighted by Crippen LogP contribution is -2.54. The van der Waals surface area contributed by atoms with Gasteiger partial charge in [0.15, 0.2) is 0 Å². The molecule has 11 heteroatoms. The molecule has 0 bridgehead atoms. The number of imide groups is 2. The van der Waals surface area contributed by atoms with Crippen LogP contribution in [-0.4, -0.2) is 48.9 Å². The lowest BCUT2D eigenvalue weighted by molar-refractivity contribution is -0.384. The predicted molar refractivity (Wildman–Crippen MR) is 126 cm³/mol. The Hall–Kier alpha value is -3.32. The van der Waals surface area contributed by atoms with Crippen LogP contribution >= 0.6 is 22.6 Å². The van der Waals surface area contributed by atoms with E-state index >= 15 is 0 Å².